The fraction of sp³-hybridized carbons (Fsp3) is 0.350. The maximum atomic E-state index is 12.0. The Kier molecular flexibility index (Phi) is 6.21. The number of anilines is 1. The number of nitrogens with zero attached hydrogens (tertiary/aromatic N) is 1. The molecule has 1 amide bonds. The molecule has 0 fully saturated rings. The third kappa shape index (κ3) is 5.13. The average Bonchev–Trinajstić information content (AvgIpc) is 2.57. The first-order valence-electron chi connectivity index (χ1n) is 8.28. The molecule has 0 heterocycles. The Morgan fingerprint density at radius 2 is 1.48 bits per heavy atom. The molecule has 3 heteroatoms. The van der Waals surface area contributed by atoms with Gasteiger partial charge in [0.1, 0.15) is 0 Å². The van der Waals surface area contributed by atoms with Crippen molar-refractivity contribution in [2.75, 3.05) is 18.0 Å². The molecule has 0 atom stereocenters. The van der Waals surface area contributed by atoms with Crippen LogP contribution in [0.1, 0.15) is 30.5 Å². The van der Waals surface area contributed by atoms with Gasteiger partial charge < -0.3 is 10.2 Å². The van der Waals surface area contributed by atoms with E-state index >= 15 is 0 Å². The Morgan fingerprint density at radius 1 is 0.913 bits per heavy atom. The van der Waals surface area contributed by atoms with Gasteiger partial charge in [-0.15, -0.1) is 0 Å². The maximum absolute atomic E-state index is 12.0. The number of aryl methyl sites for hydroxylation is 1. The van der Waals surface area contributed by atoms with Gasteiger partial charge in [-0.1, -0.05) is 42.0 Å². The highest BCUT2D eigenvalue weighted by atomic mass is 16.1. The molecule has 0 aliphatic rings. The Hall–Kier alpha value is -2.29. The predicted octanol–water partition coefficient (Wildman–Crippen LogP) is 3.70. The van der Waals surface area contributed by atoms with Gasteiger partial charge in [0.15, 0.2) is 0 Å². The van der Waals surface area contributed by atoms with Crippen molar-refractivity contribution in [3.05, 3.63) is 65.2 Å². The smallest absolute Gasteiger partial charge is 0.224 e. The van der Waals surface area contributed by atoms with Gasteiger partial charge in [-0.2, -0.15) is 0 Å². The number of nitrogens with one attached hydrogen (secondary N) is 1. The van der Waals surface area contributed by atoms with Crippen molar-refractivity contribution in [2.24, 2.45) is 0 Å². The van der Waals surface area contributed by atoms with Gasteiger partial charge in [0, 0.05) is 25.3 Å². The largest absolute Gasteiger partial charge is 0.372 e. The molecule has 1 N–H and O–H groups in total. The summed E-state index contributed by atoms with van der Waals surface area (Å²) in [6.45, 7) is 8.94. The molecule has 2 aromatic rings. The molecular formula is C20H26N2O. The summed E-state index contributed by atoms with van der Waals surface area (Å²) in [6.07, 6.45) is 0.428. The molecule has 0 aromatic heterocycles. The minimum absolute atomic E-state index is 0.0571. The van der Waals surface area contributed by atoms with Crippen molar-refractivity contribution >= 4 is 11.6 Å². The lowest BCUT2D eigenvalue weighted by Crippen LogP contribution is -2.24. The summed E-state index contributed by atoms with van der Waals surface area (Å²) in [4.78, 5) is 14.3. The molecule has 0 aliphatic carbocycles. The fourth-order valence-corrected chi connectivity index (χ4v) is 2.57. The van der Waals surface area contributed by atoms with Crippen molar-refractivity contribution < 1.29 is 4.79 Å². The normalized spacial score (nSPS) is 10.4. The second kappa shape index (κ2) is 8.37. The van der Waals surface area contributed by atoms with Crippen LogP contribution in [0.15, 0.2) is 48.5 Å². The van der Waals surface area contributed by atoms with Crippen molar-refractivity contribution in [3.8, 4) is 0 Å². The van der Waals surface area contributed by atoms with E-state index in [1.807, 2.05) is 31.2 Å². The minimum atomic E-state index is 0.0571. The van der Waals surface area contributed by atoms with E-state index in [0.717, 1.165) is 24.2 Å². The molecule has 23 heavy (non-hydrogen) atoms. The van der Waals surface area contributed by atoms with Gasteiger partial charge >= 0.3 is 0 Å². The second-order valence-corrected chi connectivity index (χ2v) is 5.78. The number of hydrogen-bond donors (Lipinski definition) is 1. The summed E-state index contributed by atoms with van der Waals surface area (Å²) >= 11 is 0. The Bertz CT molecular complexity index is 613. The van der Waals surface area contributed by atoms with E-state index in [0.29, 0.717) is 13.0 Å². The van der Waals surface area contributed by atoms with Gasteiger partial charge in [0.05, 0.1) is 6.42 Å². The second-order valence-electron chi connectivity index (χ2n) is 5.78. The van der Waals surface area contributed by atoms with E-state index in [2.05, 4.69) is 48.3 Å². The molecule has 0 saturated carbocycles. The van der Waals surface area contributed by atoms with E-state index in [9.17, 15) is 4.79 Å². The molecule has 0 saturated heterocycles. The summed E-state index contributed by atoms with van der Waals surface area (Å²) in [5.74, 6) is 0.0571. The quantitative estimate of drug-likeness (QED) is 0.845. The number of benzene rings is 2. The molecule has 0 bridgehead atoms. The van der Waals surface area contributed by atoms with Gasteiger partial charge in [0.25, 0.3) is 0 Å². The highest BCUT2D eigenvalue weighted by molar-refractivity contribution is 5.78. The first kappa shape index (κ1) is 17.1. The molecule has 2 aromatic carbocycles. The average molecular weight is 310 g/mol. The first-order valence-corrected chi connectivity index (χ1v) is 8.28. The zero-order chi connectivity index (χ0) is 16.7. The van der Waals surface area contributed by atoms with E-state index in [4.69, 9.17) is 0 Å². The summed E-state index contributed by atoms with van der Waals surface area (Å²) in [5, 5.41) is 2.99. The Balaban J connectivity index is 1.85. The van der Waals surface area contributed by atoms with Crippen LogP contribution in [0.25, 0.3) is 0 Å². The number of carbonyl (C=O) groups excluding carboxylic acids is 1. The van der Waals surface area contributed by atoms with E-state index in [1.165, 1.54) is 11.3 Å². The third-order valence-corrected chi connectivity index (χ3v) is 4.04. The predicted molar refractivity (Wildman–Crippen MR) is 96.7 cm³/mol. The minimum Gasteiger partial charge on any atom is -0.372 e. The van der Waals surface area contributed by atoms with Crippen molar-refractivity contribution in [1.29, 1.82) is 0 Å². The van der Waals surface area contributed by atoms with E-state index in [1.54, 1.807) is 0 Å². The number of carbonyl (C=O) groups is 1. The molecule has 3 nitrogen and oxygen atoms in total. The van der Waals surface area contributed by atoms with Crippen molar-refractivity contribution in [2.45, 2.75) is 33.7 Å². The standard InChI is InChI=1S/C20H26N2O/c1-4-22(5-2)19-12-10-18(11-13-19)15-21-20(23)14-17-8-6-16(3)7-9-17/h6-13H,4-5,14-15H2,1-3H3,(H,21,23). The molecule has 0 unspecified atom stereocenters. The summed E-state index contributed by atoms with van der Waals surface area (Å²) in [7, 11) is 0. The lowest BCUT2D eigenvalue weighted by molar-refractivity contribution is -0.120. The molecule has 2 rings (SSSR count). The van der Waals surface area contributed by atoms with Crippen LogP contribution >= 0.6 is 0 Å². The van der Waals surface area contributed by atoms with Crippen LogP contribution in [0.5, 0.6) is 0 Å². The maximum Gasteiger partial charge on any atom is 0.224 e. The molecular weight excluding hydrogens is 284 g/mol. The number of amides is 1. The van der Waals surface area contributed by atoms with Crippen LogP contribution < -0.4 is 10.2 Å². The van der Waals surface area contributed by atoms with Crippen molar-refractivity contribution in [3.63, 3.8) is 0 Å². The van der Waals surface area contributed by atoms with Crippen LogP contribution in [-0.2, 0) is 17.8 Å². The van der Waals surface area contributed by atoms with Crippen LogP contribution in [0.2, 0.25) is 0 Å². The van der Waals surface area contributed by atoms with Gasteiger partial charge in [0.2, 0.25) is 5.91 Å². The third-order valence-electron chi connectivity index (χ3n) is 4.04. The molecule has 0 aliphatic heterocycles. The zero-order valence-corrected chi connectivity index (χ0v) is 14.3. The van der Waals surface area contributed by atoms with Crippen LogP contribution in [0.3, 0.4) is 0 Å². The lowest BCUT2D eigenvalue weighted by atomic mass is 10.1. The molecule has 0 spiro atoms. The highest BCUT2D eigenvalue weighted by Crippen LogP contribution is 2.14. The summed E-state index contributed by atoms with van der Waals surface area (Å²) in [5.41, 5.74) is 4.61. The van der Waals surface area contributed by atoms with Gasteiger partial charge in [-0.05, 0) is 44.0 Å². The van der Waals surface area contributed by atoms with Crippen LogP contribution in [0, 0.1) is 6.92 Å². The van der Waals surface area contributed by atoms with Gasteiger partial charge in [-0.25, -0.2) is 0 Å². The van der Waals surface area contributed by atoms with Crippen LogP contribution in [0.4, 0.5) is 5.69 Å². The highest BCUT2D eigenvalue weighted by Gasteiger charge is 2.04. The van der Waals surface area contributed by atoms with E-state index in [-0.39, 0.29) is 5.91 Å². The first-order chi connectivity index (χ1) is 11.1. The van der Waals surface area contributed by atoms with Crippen molar-refractivity contribution in [1.82, 2.24) is 5.32 Å². The topological polar surface area (TPSA) is 32.3 Å². The van der Waals surface area contributed by atoms with E-state index < -0.39 is 0 Å². The van der Waals surface area contributed by atoms with Crippen LogP contribution in [-0.4, -0.2) is 19.0 Å². The number of hydrogen-bond acceptors (Lipinski definition) is 2. The Labute approximate surface area is 139 Å². The van der Waals surface area contributed by atoms with Gasteiger partial charge in [-0.3, -0.25) is 4.79 Å². The lowest BCUT2D eigenvalue weighted by Gasteiger charge is -2.21. The summed E-state index contributed by atoms with van der Waals surface area (Å²) < 4.78 is 0. The Morgan fingerprint density at radius 3 is 2.04 bits per heavy atom. The molecule has 122 valence electrons. The summed E-state index contributed by atoms with van der Waals surface area (Å²) in [6, 6.07) is 16.5. The number of rotatable bonds is 7. The fourth-order valence-electron chi connectivity index (χ4n) is 2.57. The molecule has 0 radical (unpaired) electrons. The SMILES string of the molecule is CCN(CC)c1ccc(CNC(=O)Cc2ccc(C)cc2)cc1. The zero-order valence-electron chi connectivity index (χ0n) is 14.3. The monoisotopic (exact) mass is 310 g/mol.